The van der Waals surface area contributed by atoms with Crippen LogP contribution in [-0.4, -0.2) is 33.9 Å². The van der Waals surface area contributed by atoms with Gasteiger partial charge in [0.15, 0.2) is 11.5 Å². The largest absolute Gasteiger partial charge is 0.493 e. The van der Waals surface area contributed by atoms with E-state index in [0.29, 0.717) is 22.8 Å². The maximum atomic E-state index is 11.7. The molecule has 0 heterocycles. The van der Waals surface area contributed by atoms with Crippen molar-refractivity contribution in [3.8, 4) is 17.2 Å². The summed E-state index contributed by atoms with van der Waals surface area (Å²) in [7, 11) is 4.46. The van der Waals surface area contributed by atoms with Crippen molar-refractivity contribution in [2.24, 2.45) is 0 Å². The van der Waals surface area contributed by atoms with Crippen molar-refractivity contribution in [3.63, 3.8) is 0 Å². The van der Waals surface area contributed by atoms with Crippen LogP contribution in [0.3, 0.4) is 0 Å². The first kappa shape index (κ1) is 13.9. The molecule has 18 heavy (non-hydrogen) atoms. The topological polar surface area (TPSA) is 54.0 Å². The first-order chi connectivity index (χ1) is 8.67. The highest BCUT2D eigenvalue weighted by Crippen LogP contribution is 2.38. The number of carbonyl (C=O) groups is 1. The SMILES string of the molecule is C=CCOC(=O)c1cc(OC)c(OC)c(OC)c1. The van der Waals surface area contributed by atoms with Crippen LogP contribution < -0.4 is 14.2 Å². The Kier molecular flexibility index (Phi) is 5.05. The third-order valence-electron chi connectivity index (χ3n) is 2.23. The van der Waals surface area contributed by atoms with Gasteiger partial charge in [-0.25, -0.2) is 4.79 Å². The lowest BCUT2D eigenvalue weighted by Crippen LogP contribution is -2.06. The highest BCUT2D eigenvalue weighted by atomic mass is 16.5. The number of esters is 1. The van der Waals surface area contributed by atoms with Gasteiger partial charge < -0.3 is 18.9 Å². The molecule has 1 rings (SSSR count). The first-order valence-corrected chi connectivity index (χ1v) is 5.26. The van der Waals surface area contributed by atoms with E-state index in [-0.39, 0.29) is 6.61 Å². The van der Waals surface area contributed by atoms with Crippen LogP contribution in [0.2, 0.25) is 0 Å². The number of benzene rings is 1. The number of hydrogen-bond donors (Lipinski definition) is 0. The zero-order valence-corrected chi connectivity index (χ0v) is 10.7. The van der Waals surface area contributed by atoms with E-state index in [4.69, 9.17) is 18.9 Å². The molecule has 0 saturated heterocycles. The number of ether oxygens (including phenoxy) is 4. The van der Waals surface area contributed by atoms with E-state index in [1.165, 1.54) is 39.5 Å². The summed E-state index contributed by atoms with van der Waals surface area (Å²) in [4.78, 5) is 11.7. The van der Waals surface area contributed by atoms with E-state index in [0.717, 1.165) is 0 Å². The molecule has 98 valence electrons. The maximum absolute atomic E-state index is 11.7. The summed E-state index contributed by atoms with van der Waals surface area (Å²) in [6.45, 7) is 3.62. The second-order valence-electron chi connectivity index (χ2n) is 3.30. The molecule has 0 radical (unpaired) electrons. The van der Waals surface area contributed by atoms with E-state index in [2.05, 4.69) is 6.58 Å². The lowest BCUT2D eigenvalue weighted by molar-refractivity contribution is 0.0549. The highest BCUT2D eigenvalue weighted by Gasteiger charge is 2.17. The van der Waals surface area contributed by atoms with Crippen LogP contribution in [0.25, 0.3) is 0 Å². The number of hydrogen-bond acceptors (Lipinski definition) is 5. The summed E-state index contributed by atoms with van der Waals surface area (Å²) >= 11 is 0. The molecule has 1 aromatic rings. The fourth-order valence-corrected chi connectivity index (χ4v) is 1.42. The van der Waals surface area contributed by atoms with Crippen molar-refractivity contribution in [1.82, 2.24) is 0 Å². The van der Waals surface area contributed by atoms with Crippen molar-refractivity contribution >= 4 is 5.97 Å². The molecule has 0 aliphatic carbocycles. The molecule has 0 N–H and O–H groups in total. The zero-order valence-electron chi connectivity index (χ0n) is 10.7. The van der Waals surface area contributed by atoms with E-state index in [9.17, 15) is 4.79 Å². The standard InChI is InChI=1S/C13H16O5/c1-5-6-18-13(14)9-7-10(15-2)12(17-4)11(8-9)16-3/h5,7-8H,1,6H2,2-4H3. The summed E-state index contributed by atoms with van der Waals surface area (Å²) < 4.78 is 20.4. The van der Waals surface area contributed by atoms with Gasteiger partial charge in [0.25, 0.3) is 0 Å². The Hall–Kier alpha value is -2.17. The van der Waals surface area contributed by atoms with Gasteiger partial charge in [0.05, 0.1) is 26.9 Å². The molecule has 0 amide bonds. The summed E-state index contributed by atoms with van der Waals surface area (Å²) in [6.07, 6.45) is 1.50. The third kappa shape index (κ3) is 2.94. The summed E-state index contributed by atoms with van der Waals surface area (Å²) in [5.74, 6) is 0.763. The molecule has 0 bridgehead atoms. The van der Waals surface area contributed by atoms with Crippen molar-refractivity contribution in [2.75, 3.05) is 27.9 Å². The Morgan fingerprint density at radius 1 is 1.17 bits per heavy atom. The van der Waals surface area contributed by atoms with Crippen LogP contribution in [0.4, 0.5) is 0 Å². The summed E-state index contributed by atoms with van der Waals surface area (Å²) in [5.41, 5.74) is 0.325. The minimum Gasteiger partial charge on any atom is -0.493 e. The second-order valence-corrected chi connectivity index (χ2v) is 3.30. The molecule has 0 aliphatic rings. The van der Waals surface area contributed by atoms with Gasteiger partial charge in [-0.15, -0.1) is 0 Å². The first-order valence-electron chi connectivity index (χ1n) is 5.26. The predicted octanol–water partition coefficient (Wildman–Crippen LogP) is 2.06. The molecule has 5 nitrogen and oxygen atoms in total. The smallest absolute Gasteiger partial charge is 0.338 e. The van der Waals surface area contributed by atoms with Crippen LogP contribution in [-0.2, 0) is 4.74 Å². The van der Waals surface area contributed by atoms with E-state index in [1.807, 2.05) is 0 Å². The summed E-state index contributed by atoms with van der Waals surface area (Å²) in [6, 6.07) is 3.07. The van der Waals surface area contributed by atoms with Gasteiger partial charge in [0, 0.05) is 0 Å². The molecular formula is C13H16O5. The van der Waals surface area contributed by atoms with E-state index >= 15 is 0 Å². The Morgan fingerprint density at radius 3 is 2.11 bits per heavy atom. The average Bonchev–Trinajstić information content (AvgIpc) is 2.42. The van der Waals surface area contributed by atoms with E-state index in [1.54, 1.807) is 0 Å². The van der Waals surface area contributed by atoms with Gasteiger partial charge in [-0.05, 0) is 12.1 Å². The quantitative estimate of drug-likeness (QED) is 0.573. The van der Waals surface area contributed by atoms with Gasteiger partial charge in [-0.3, -0.25) is 0 Å². The Labute approximate surface area is 106 Å². The monoisotopic (exact) mass is 252 g/mol. The van der Waals surface area contributed by atoms with Gasteiger partial charge in [0.1, 0.15) is 6.61 Å². The molecule has 0 atom stereocenters. The molecule has 0 aromatic heterocycles. The normalized spacial score (nSPS) is 9.50. The Morgan fingerprint density at radius 2 is 1.72 bits per heavy atom. The molecule has 0 spiro atoms. The van der Waals surface area contributed by atoms with Crippen molar-refractivity contribution in [1.29, 1.82) is 0 Å². The fraction of sp³-hybridized carbons (Fsp3) is 0.308. The van der Waals surface area contributed by atoms with Crippen molar-refractivity contribution < 1.29 is 23.7 Å². The zero-order chi connectivity index (χ0) is 13.5. The molecule has 0 fully saturated rings. The number of carbonyl (C=O) groups excluding carboxylic acids is 1. The number of rotatable bonds is 6. The van der Waals surface area contributed by atoms with Crippen LogP contribution in [0.15, 0.2) is 24.8 Å². The fourth-order valence-electron chi connectivity index (χ4n) is 1.42. The van der Waals surface area contributed by atoms with Gasteiger partial charge in [-0.2, -0.15) is 0 Å². The highest BCUT2D eigenvalue weighted by molar-refractivity contribution is 5.91. The van der Waals surface area contributed by atoms with Crippen LogP contribution in [0, 0.1) is 0 Å². The van der Waals surface area contributed by atoms with Crippen LogP contribution >= 0.6 is 0 Å². The van der Waals surface area contributed by atoms with E-state index < -0.39 is 5.97 Å². The van der Waals surface area contributed by atoms with Crippen LogP contribution in [0.5, 0.6) is 17.2 Å². The lowest BCUT2D eigenvalue weighted by Gasteiger charge is -2.13. The molecule has 0 unspecified atom stereocenters. The molecular weight excluding hydrogens is 236 g/mol. The minimum atomic E-state index is -0.478. The van der Waals surface area contributed by atoms with Gasteiger partial charge >= 0.3 is 5.97 Å². The van der Waals surface area contributed by atoms with Crippen molar-refractivity contribution in [2.45, 2.75) is 0 Å². The van der Waals surface area contributed by atoms with Crippen molar-refractivity contribution in [3.05, 3.63) is 30.4 Å². The molecule has 0 aliphatic heterocycles. The second kappa shape index (κ2) is 6.54. The predicted molar refractivity (Wildman–Crippen MR) is 66.6 cm³/mol. The molecule has 1 aromatic carbocycles. The Balaban J connectivity index is 3.14. The maximum Gasteiger partial charge on any atom is 0.338 e. The number of methoxy groups -OCH3 is 3. The average molecular weight is 252 g/mol. The lowest BCUT2D eigenvalue weighted by atomic mass is 10.2. The molecule has 0 saturated carbocycles. The summed E-state index contributed by atoms with van der Waals surface area (Å²) in [5, 5.41) is 0. The van der Waals surface area contributed by atoms with Crippen LogP contribution in [0.1, 0.15) is 10.4 Å². The minimum absolute atomic E-state index is 0.148. The van der Waals surface area contributed by atoms with Gasteiger partial charge in [-0.1, -0.05) is 12.7 Å². The Bertz CT molecular complexity index is 414. The third-order valence-corrected chi connectivity index (χ3v) is 2.23. The van der Waals surface area contributed by atoms with Gasteiger partial charge in [0.2, 0.25) is 5.75 Å². The molecule has 5 heteroatoms.